The molecule has 0 amide bonds. The molecule has 94 valence electrons. The fourth-order valence-electron chi connectivity index (χ4n) is 2.06. The SMILES string of the molecule is CC(C)(COCc1ccccc1)[C@H]1O[C@@H]1CO. The summed E-state index contributed by atoms with van der Waals surface area (Å²) in [7, 11) is 0. The van der Waals surface area contributed by atoms with Gasteiger partial charge in [-0.05, 0) is 5.56 Å². The predicted molar refractivity (Wildman–Crippen MR) is 65.6 cm³/mol. The van der Waals surface area contributed by atoms with Crippen molar-refractivity contribution in [3.63, 3.8) is 0 Å². The fraction of sp³-hybridized carbons (Fsp3) is 0.571. The van der Waals surface area contributed by atoms with E-state index in [1.807, 2.05) is 18.2 Å². The highest BCUT2D eigenvalue weighted by Crippen LogP contribution is 2.38. The molecule has 3 heteroatoms. The molecule has 17 heavy (non-hydrogen) atoms. The van der Waals surface area contributed by atoms with E-state index in [9.17, 15) is 0 Å². The number of ether oxygens (including phenoxy) is 2. The molecule has 3 nitrogen and oxygen atoms in total. The Balaban J connectivity index is 1.75. The van der Waals surface area contributed by atoms with E-state index in [0.717, 1.165) is 0 Å². The largest absolute Gasteiger partial charge is 0.394 e. The van der Waals surface area contributed by atoms with Gasteiger partial charge in [0, 0.05) is 5.41 Å². The standard InChI is InChI=1S/C14H20O3/c1-14(2,13-12(8-15)17-13)10-16-9-11-6-4-3-5-7-11/h3-7,12-13,15H,8-10H2,1-2H3/t12-,13+/m1/s1. The van der Waals surface area contributed by atoms with E-state index in [1.165, 1.54) is 5.56 Å². The summed E-state index contributed by atoms with van der Waals surface area (Å²) in [6.45, 7) is 5.59. The van der Waals surface area contributed by atoms with E-state index < -0.39 is 0 Å². The van der Waals surface area contributed by atoms with E-state index >= 15 is 0 Å². The summed E-state index contributed by atoms with van der Waals surface area (Å²) in [6.07, 6.45) is 0.133. The van der Waals surface area contributed by atoms with Gasteiger partial charge in [-0.1, -0.05) is 44.2 Å². The molecule has 1 aromatic rings. The summed E-state index contributed by atoms with van der Waals surface area (Å²) in [5.74, 6) is 0. The van der Waals surface area contributed by atoms with Gasteiger partial charge in [-0.2, -0.15) is 0 Å². The van der Waals surface area contributed by atoms with Gasteiger partial charge in [0.15, 0.2) is 0 Å². The highest BCUT2D eigenvalue weighted by Gasteiger charge is 2.49. The molecule has 2 rings (SSSR count). The summed E-state index contributed by atoms with van der Waals surface area (Å²) in [4.78, 5) is 0. The highest BCUT2D eigenvalue weighted by molar-refractivity contribution is 5.13. The fourth-order valence-corrected chi connectivity index (χ4v) is 2.06. The Morgan fingerprint density at radius 2 is 2.00 bits per heavy atom. The second-order valence-corrected chi connectivity index (χ2v) is 5.24. The molecular weight excluding hydrogens is 216 g/mol. The molecule has 0 unspecified atom stereocenters. The van der Waals surface area contributed by atoms with Crippen molar-refractivity contribution in [1.82, 2.24) is 0 Å². The lowest BCUT2D eigenvalue weighted by Crippen LogP contribution is -2.28. The van der Waals surface area contributed by atoms with Gasteiger partial charge in [0.1, 0.15) is 6.10 Å². The number of aliphatic hydroxyl groups excluding tert-OH is 1. The van der Waals surface area contributed by atoms with Crippen LogP contribution in [0.4, 0.5) is 0 Å². The number of hydrogen-bond donors (Lipinski definition) is 1. The molecule has 0 spiro atoms. The summed E-state index contributed by atoms with van der Waals surface area (Å²) in [6, 6.07) is 10.1. The second-order valence-electron chi connectivity index (χ2n) is 5.24. The van der Waals surface area contributed by atoms with Crippen molar-refractivity contribution in [2.24, 2.45) is 5.41 Å². The van der Waals surface area contributed by atoms with Gasteiger partial charge < -0.3 is 14.6 Å². The van der Waals surface area contributed by atoms with Crippen LogP contribution in [0.25, 0.3) is 0 Å². The summed E-state index contributed by atoms with van der Waals surface area (Å²) in [5, 5.41) is 8.98. The van der Waals surface area contributed by atoms with Crippen LogP contribution in [0.3, 0.4) is 0 Å². The zero-order valence-corrected chi connectivity index (χ0v) is 10.4. The first-order chi connectivity index (χ1) is 8.13. The van der Waals surface area contributed by atoms with Crippen LogP contribution in [0.5, 0.6) is 0 Å². The summed E-state index contributed by atoms with van der Waals surface area (Å²) >= 11 is 0. The second kappa shape index (κ2) is 5.17. The maximum atomic E-state index is 8.98. The van der Waals surface area contributed by atoms with Crippen molar-refractivity contribution < 1.29 is 14.6 Å². The minimum Gasteiger partial charge on any atom is -0.394 e. The lowest BCUT2D eigenvalue weighted by Gasteiger charge is -2.22. The van der Waals surface area contributed by atoms with E-state index in [1.54, 1.807) is 0 Å². The van der Waals surface area contributed by atoms with E-state index in [2.05, 4.69) is 26.0 Å². The molecule has 1 heterocycles. The number of epoxide rings is 1. The van der Waals surface area contributed by atoms with Crippen LogP contribution in [0.1, 0.15) is 19.4 Å². The van der Waals surface area contributed by atoms with E-state index in [-0.39, 0.29) is 24.2 Å². The average molecular weight is 236 g/mol. The van der Waals surface area contributed by atoms with Crippen LogP contribution in [0.2, 0.25) is 0 Å². The molecule has 0 bridgehead atoms. The van der Waals surface area contributed by atoms with Crippen molar-refractivity contribution in [3.05, 3.63) is 35.9 Å². The lowest BCUT2D eigenvalue weighted by molar-refractivity contribution is 0.0366. The van der Waals surface area contributed by atoms with Crippen molar-refractivity contribution >= 4 is 0 Å². The lowest BCUT2D eigenvalue weighted by atomic mass is 9.88. The molecule has 1 aromatic carbocycles. The maximum Gasteiger partial charge on any atom is 0.108 e. The normalized spacial score (nSPS) is 23.7. The Kier molecular flexibility index (Phi) is 3.82. The number of aliphatic hydroxyl groups is 1. The van der Waals surface area contributed by atoms with Gasteiger partial charge in [0.2, 0.25) is 0 Å². The van der Waals surface area contributed by atoms with Crippen LogP contribution in [0, 0.1) is 5.41 Å². The molecule has 0 saturated carbocycles. The monoisotopic (exact) mass is 236 g/mol. The Morgan fingerprint density at radius 3 is 2.59 bits per heavy atom. The number of rotatable bonds is 6. The first-order valence-corrected chi connectivity index (χ1v) is 6.01. The van der Waals surface area contributed by atoms with Crippen LogP contribution >= 0.6 is 0 Å². The van der Waals surface area contributed by atoms with Crippen molar-refractivity contribution in [2.75, 3.05) is 13.2 Å². The van der Waals surface area contributed by atoms with Gasteiger partial charge in [-0.3, -0.25) is 0 Å². The van der Waals surface area contributed by atoms with Gasteiger partial charge in [-0.15, -0.1) is 0 Å². The molecule has 2 atom stereocenters. The van der Waals surface area contributed by atoms with Crippen LogP contribution in [0.15, 0.2) is 30.3 Å². The summed E-state index contributed by atoms with van der Waals surface area (Å²) in [5.41, 5.74) is 1.14. The first-order valence-electron chi connectivity index (χ1n) is 6.01. The van der Waals surface area contributed by atoms with Gasteiger partial charge in [0.05, 0.1) is 25.9 Å². The Bertz CT molecular complexity index is 348. The Labute approximate surface area is 102 Å². The molecule has 1 N–H and O–H groups in total. The number of hydrogen-bond acceptors (Lipinski definition) is 3. The molecule has 1 saturated heterocycles. The van der Waals surface area contributed by atoms with E-state index in [0.29, 0.717) is 13.2 Å². The Morgan fingerprint density at radius 1 is 1.29 bits per heavy atom. The van der Waals surface area contributed by atoms with Crippen LogP contribution < -0.4 is 0 Å². The topological polar surface area (TPSA) is 42.0 Å². The third-order valence-corrected chi connectivity index (χ3v) is 3.12. The highest BCUT2D eigenvalue weighted by atomic mass is 16.6. The predicted octanol–water partition coefficient (Wildman–Crippen LogP) is 1.99. The van der Waals surface area contributed by atoms with Crippen molar-refractivity contribution in [3.8, 4) is 0 Å². The molecule has 1 fully saturated rings. The van der Waals surface area contributed by atoms with Crippen LogP contribution in [-0.2, 0) is 16.1 Å². The quantitative estimate of drug-likeness (QED) is 0.768. The zero-order valence-electron chi connectivity index (χ0n) is 10.4. The van der Waals surface area contributed by atoms with Gasteiger partial charge >= 0.3 is 0 Å². The molecular formula is C14H20O3. The third kappa shape index (κ3) is 3.28. The van der Waals surface area contributed by atoms with Crippen molar-refractivity contribution in [2.45, 2.75) is 32.7 Å². The first kappa shape index (κ1) is 12.6. The minimum absolute atomic E-state index is 0.00493. The molecule has 1 aliphatic rings. The molecule has 0 radical (unpaired) electrons. The third-order valence-electron chi connectivity index (χ3n) is 3.12. The molecule has 1 aliphatic heterocycles. The van der Waals surface area contributed by atoms with Crippen LogP contribution in [-0.4, -0.2) is 30.5 Å². The van der Waals surface area contributed by atoms with Gasteiger partial charge in [0.25, 0.3) is 0 Å². The Hall–Kier alpha value is -0.900. The van der Waals surface area contributed by atoms with Gasteiger partial charge in [-0.25, -0.2) is 0 Å². The average Bonchev–Trinajstić information content (AvgIpc) is 3.10. The van der Waals surface area contributed by atoms with E-state index in [4.69, 9.17) is 14.6 Å². The zero-order chi connectivity index (χ0) is 12.3. The minimum atomic E-state index is -0.0395. The smallest absolute Gasteiger partial charge is 0.108 e. The number of benzene rings is 1. The molecule has 0 aliphatic carbocycles. The van der Waals surface area contributed by atoms with Crippen molar-refractivity contribution in [1.29, 1.82) is 0 Å². The molecule has 0 aromatic heterocycles. The summed E-state index contributed by atoms with van der Waals surface area (Å²) < 4.78 is 11.1. The maximum absolute atomic E-state index is 8.98.